The molecular weight excluding hydrogens is 452 g/mol. The van der Waals surface area contributed by atoms with E-state index in [1.54, 1.807) is 0 Å². The van der Waals surface area contributed by atoms with Gasteiger partial charge in [0.2, 0.25) is 0 Å². The molecule has 1 saturated heterocycles. The van der Waals surface area contributed by atoms with Crippen molar-refractivity contribution in [3.05, 3.63) is 66.5 Å². The maximum absolute atomic E-state index is 12.9. The van der Waals surface area contributed by atoms with Gasteiger partial charge in [0.1, 0.15) is 0 Å². The molecule has 0 atom stereocenters. The molecular formula is C18H12BrN2O4S2-. The average molecular weight is 464 g/mol. The topological polar surface area (TPSA) is 86.5 Å². The van der Waals surface area contributed by atoms with Crippen molar-refractivity contribution in [1.29, 1.82) is 0 Å². The summed E-state index contributed by atoms with van der Waals surface area (Å²) in [4.78, 5) is 25.0. The van der Waals surface area contributed by atoms with Gasteiger partial charge in [-0.3, -0.25) is 19.8 Å². The molecule has 2 aromatic carbocycles. The lowest BCUT2D eigenvalue weighted by molar-refractivity contribution is -0.398. The number of hydrogen-bond donors (Lipinski definition) is 0. The fourth-order valence-corrected chi connectivity index (χ4v) is 4.45. The number of thioether (sulfide) groups is 1. The summed E-state index contributed by atoms with van der Waals surface area (Å²) in [7, 11) is 0. The van der Waals surface area contributed by atoms with Gasteiger partial charge >= 0.3 is 0 Å². The Morgan fingerprint density at radius 1 is 1.26 bits per heavy atom. The first kappa shape index (κ1) is 19.5. The first-order chi connectivity index (χ1) is 12.7. The summed E-state index contributed by atoms with van der Waals surface area (Å²) in [5.41, 5.74) is 2.51. The summed E-state index contributed by atoms with van der Waals surface area (Å²) in [6.07, 6.45) is 1.50. The average Bonchev–Trinajstić information content (AvgIpc) is 2.85. The van der Waals surface area contributed by atoms with Crippen LogP contribution in [0.1, 0.15) is 16.7 Å². The number of anilines is 1. The van der Waals surface area contributed by atoms with Crippen molar-refractivity contribution in [2.45, 2.75) is 13.8 Å². The predicted octanol–water partition coefficient (Wildman–Crippen LogP) is 4.45. The highest BCUT2D eigenvalue weighted by atomic mass is 79.9. The molecule has 0 N–H and O–H groups in total. The molecule has 6 nitrogen and oxygen atoms in total. The lowest BCUT2D eigenvalue weighted by atomic mass is 10.1. The van der Waals surface area contributed by atoms with Crippen LogP contribution in [-0.2, 0) is 4.79 Å². The van der Waals surface area contributed by atoms with Gasteiger partial charge in [0.15, 0.2) is 4.32 Å². The summed E-state index contributed by atoms with van der Waals surface area (Å²) in [5.74, 6) is -1.01. The third-order valence-electron chi connectivity index (χ3n) is 3.93. The second-order valence-electron chi connectivity index (χ2n) is 5.92. The lowest BCUT2D eigenvalue weighted by Crippen LogP contribution is -2.28. The van der Waals surface area contributed by atoms with E-state index < -0.39 is 16.4 Å². The van der Waals surface area contributed by atoms with Gasteiger partial charge in [-0.15, -0.1) is 0 Å². The maximum atomic E-state index is 12.9. The Morgan fingerprint density at radius 2 is 1.96 bits per heavy atom. The van der Waals surface area contributed by atoms with Gasteiger partial charge in [-0.2, -0.15) is 0 Å². The molecule has 0 bridgehead atoms. The predicted molar refractivity (Wildman–Crippen MR) is 112 cm³/mol. The summed E-state index contributed by atoms with van der Waals surface area (Å²) in [5, 5.41) is 22.9. The number of thiocarbonyl (C=S) groups is 1. The van der Waals surface area contributed by atoms with Crippen LogP contribution in [0.25, 0.3) is 6.08 Å². The summed E-state index contributed by atoms with van der Waals surface area (Å²) in [6.45, 7) is 3.86. The van der Waals surface area contributed by atoms with Crippen molar-refractivity contribution in [2.24, 2.45) is 0 Å². The van der Waals surface area contributed by atoms with Crippen LogP contribution in [-0.4, -0.2) is 15.2 Å². The minimum atomic E-state index is -0.745. The van der Waals surface area contributed by atoms with Gasteiger partial charge in [-0.1, -0.05) is 57.6 Å². The lowest BCUT2D eigenvalue weighted by Gasteiger charge is -2.17. The smallest absolute Gasteiger partial charge is 0.270 e. The Morgan fingerprint density at radius 3 is 2.59 bits per heavy atom. The Hall–Kier alpha value is -2.23. The van der Waals surface area contributed by atoms with Crippen LogP contribution in [0, 0.1) is 24.0 Å². The minimum absolute atomic E-state index is 0.0628. The Bertz CT molecular complexity index is 1040. The Balaban J connectivity index is 2.01. The number of benzene rings is 2. The molecule has 27 heavy (non-hydrogen) atoms. The van der Waals surface area contributed by atoms with Crippen molar-refractivity contribution in [1.82, 2.24) is 0 Å². The molecule has 9 heteroatoms. The van der Waals surface area contributed by atoms with E-state index in [2.05, 4.69) is 15.9 Å². The minimum Gasteiger partial charge on any atom is -0.867 e. The molecule has 1 heterocycles. The Kier molecular flexibility index (Phi) is 5.36. The first-order valence-corrected chi connectivity index (χ1v) is 9.71. The first-order valence-electron chi connectivity index (χ1n) is 7.69. The van der Waals surface area contributed by atoms with E-state index >= 15 is 0 Å². The van der Waals surface area contributed by atoms with Gasteiger partial charge in [0.05, 0.1) is 15.5 Å². The van der Waals surface area contributed by atoms with Crippen molar-refractivity contribution in [2.75, 3.05) is 4.90 Å². The number of carbonyl (C=O) groups excluding carboxylic acids is 1. The van der Waals surface area contributed by atoms with Crippen LogP contribution in [0.2, 0.25) is 0 Å². The quantitative estimate of drug-likeness (QED) is 0.289. The highest BCUT2D eigenvalue weighted by Crippen LogP contribution is 2.39. The molecule has 1 fully saturated rings. The molecule has 0 saturated carbocycles. The highest BCUT2D eigenvalue weighted by Gasteiger charge is 2.34. The molecule has 3 rings (SSSR count). The van der Waals surface area contributed by atoms with Crippen molar-refractivity contribution in [3.8, 4) is 5.75 Å². The van der Waals surface area contributed by atoms with Crippen LogP contribution >= 0.6 is 39.9 Å². The summed E-state index contributed by atoms with van der Waals surface area (Å²) in [6, 6.07) is 8.30. The Labute approximate surface area is 173 Å². The number of amides is 1. The normalized spacial score (nSPS) is 15.7. The van der Waals surface area contributed by atoms with Gasteiger partial charge < -0.3 is 5.11 Å². The fraction of sp³-hybridized carbons (Fsp3) is 0.111. The van der Waals surface area contributed by atoms with Crippen LogP contribution in [0.3, 0.4) is 0 Å². The molecule has 0 aromatic heterocycles. The number of nitro groups is 1. The second-order valence-corrected chi connectivity index (χ2v) is 8.45. The van der Waals surface area contributed by atoms with Crippen LogP contribution < -0.4 is 10.0 Å². The van der Waals surface area contributed by atoms with Crippen LogP contribution in [0.4, 0.5) is 11.4 Å². The molecule has 1 aliphatic rings. The third-order valence-corrected chi connectivity index (χ3v) is 5.82. The molecule has 1 amide bonds. The standard InChI is InChI=1S/C18H13BrN2O4S2/c1-9-3-4-13(10(2)5-9)20-17(23)15(27-18(20)26)8-11-6-12(19)16(22)14(7-11)21(24)25/h3-8,22H,1-2H3/p-1/b15-8+. The number of rotatable bonds is 3. The number of hydrogen-bond acceptors (Lipinski definition) is 6. The van der Waals surface area contributed by atoms with E-state index in [0.717, 1.165) is 29.0 Å². The number of halogens is 1. The monoisotopic (exact) mass is 463 g/mol. The van der Waals surface area contributed by atoms with Crippen molar-refractivity contribution >= 4 is 67.6 Å². The molecule has 138 valence electrons. The SMILES string of the molecule is Cc1ccc(N2C(=O)/C(=C\c3cc(Br)c([O-])c([N+](=O)[O-])c3)SC2=S)c(C)c1. The van der Waals surface area contributed by atoms with E-state index in [4.69, 9.17) is 12.2 Å². The molecule has 1 aliphatic heterocycles. The zero-order valence-electron chi connectivity index (χ0n) is 14.2. The van der Waals surface area contributed by atoms with E-state index in [0.29, 0.717) is 20.5 Å². The summed E-state index contributed by atoms with van der Waals surface area (Å²) < 4.78 is 0.444. The maximum Gasteiger partial charge on any atom is 0.270 e. The van der Waals surface area contributed by atoms with Gasteiger partial charge in [-0.25, -0.2) is 0 Å². The molecule has 0 radical (unpaired) electrons. The zero-order chi connectivity index (χ0) is 19.9. The van der Waals surface area contributed by atoms with Crippen molar-refractivity contribution in [3.63, 3.8) is 0 Å². The van der Waals surface area contributed by atoms with Crippen LogP contribution in [0.5, 0.6) is 5.75 Å². The molecule has 0 unspecified atom stereocenters. The molecule has 0 aliphatic carbocycles. The van der Waals surface area contributed by atoms with E-state index in [1.165, 1.54) is 17.0 Å². The largest absolute Gasteiger partial charge is 0.867 e. The van der Waals surface area contributed by atoms with Gasteiger partial charge in [0.25, 0.3) is 11.6 Å². The summed E-state index contributed by atoms with van der Waals surface area (Å²) >= 11 is 9.51. The van der Waals surface area contributed by atoms with E-state index in [9.17, 15) is 20.0 Å². The van der Waals surface area contributed by atoms with Crippen molar-refractivity contribution < 1.29 is 14.8 Å². The number of nitrogens with zero attached hydrogens (tertiary/aromatic N) is 2. The number of nitro benzene ring substituents is 1. The van der Waals surface area contributed by atoms with E-state index in [-0.39, 0.29) is 10.4 Å². The van der Waals surface area contributed by atoms with Gasteiger partial charge in [0, 0.05) is 10.5 Å². The van der Waals surface area contributed by atoms with Crippen LogP contribution in [0.15, 0.2) is 39.7 Å². The zero-order valence-corrected chi connectivity index (χ0v) is 17.4. The number of aryl methyl sites for hydroxylation is 2. The molecule has 0 spiro atoms. The fourth-order valence-electron chi connectivity index (χ4n) is 2.70. The highest BCUT2D eigenvalue weighted by molar-refractivity contribution is 9.10. The number of carbonyl (C=O) groups is 1. The van der Waals surface area contributed by atoms with E-state index in [1.807, 2.05) is 32.0 Å². The second kappa shape index (κ2) is 7.41. The van der Waals surface area contributed by atoms with Gasteiger partial charge in [-0.05, 0) is 48.9 Å². The molecule has 2 aromatic rings. The third kappa shape index (κ3) is 3.76.